The van der Waals surface area contributed by atoms with Crippen molar-refractivity contribution < 1.29 is 8.42 Å². The van der Waals surface area contributed by atoms with Gasteiger partial charge in [0.25, 0.3) is 0 Å². The van der Waals surface area contributed by atoms with Crippen LogP contribution in [0.2, 0.25) is 0 Å². The topological polar surface area (TPSA) is 49.4 Å². The Kier molecular flexibility index (Phi) is 3.71. The van der Waals surface area contributed by atoms with E-state index in [9.17, 15) is 8.42 Å². The van der Waals surface area contributed by atoms with Crippen molar-refractivity contribution in [2.24, 2.45) is 0 Å². The third-order valence-electron chi connectivity index (χ3n) is 0.977. The monoisotopic (exact) mass is 168 g/mol. The molecule has 0 unspecified atom stereocenters. The quantitative estimate of drug-likeness (QED) is 0.435. The number of nitrogens with one attached hydrogen (secondary N) is 1. The maximum atomic E-state index is 10.5. The smallest absolute Gasteiger partial charge is 0.204 e. The summed E-state index contributed by atoms with van der Waals surface area (Å²) in [6.07, 6.45) is 0. The largest absolute Gasteiger partial charge is 0.301 e. The van der Waals surface area contributed by atoms with Crippen molar-refractivity contribution >= 4 is 10.8 Å². The van der Waals surface area contributed by atoms with E-state index in [4.69, 9.17) is 1.12 Å². The van der Waals surface area contributed by atoms with E-state index in [0.717, 1.165) is 4.31 Å². The van der Waals surface area contributed by atoms with E-state index in [1.54, 1.807) is 0 Å². The summed E-state index contributed by atoms with van der Waals surface area (Å²) in [7, 11) is -2.42. The van der Waals surface area contributed by atoms with Gasteiger partial charge in [-0.15, -0.1) is 0 Å². The third kappa shape index (κ3) is 4.72. The fraction of sp³-hybridized carbons (Fsp3) is 1.00. The van der Waals surface area contributed by atoms with E-state index in [-0.39, 0.29) is 12.7 Å². The van der Waals surface area contributed by atoms with Gasteiger partial charge < -0.3 is 5.32 Å². The highest BCUT2D eigenvalue weighted by atomic mass is 32.2. The van der Waals surface area contributed by atoms with Crippen molar-refractivity contribution in [3.63, 3.8) is 0 Å². The molecule has 5 heteroatoms. The molecule has 1 N–H and O–H groups in total. The van der Waals surface area contributed by atoms with E-state index < -0.39 is 10.8 Å². The van der Waals surface area contributed by atoms with Gasteiger partial charge in [0.15, 0.2) is 1.12 Å². The van der Waals surface area contributed by atoms with Gasteiger partial charge in [-0.05, 0) is 13.8 Å². The summed E-state index contributed by atoms with van der Waals surface area (Å²) in [6, 6.07) is 0.221. The number of thiol groups is 1. The Bertz CT molecular complexity index is 203. The number of nitrogens with zero attached hydrogens (tertiary/aromatic N) is 1. The zero-order valence-electron chi connectivity index (χ0n) is 7.46. The van der Waals surface area contributed by atoms with Crippen LogP contribution in [0.1, 0.15) is 13.8 Å². The van der Waals surface area contributed by atoms with Gasteiger partial charge in [0.05, 0.1) is 6.67 Å². The molecule has 0 saturated carbocycles. The standard InChI is InChI=1S/C5H14N2O2S/c1-5(2)6-4-7(3)10(8)9/h5-6,10H,4H2,1-3H3/i10T. The maximum absolute atomic E-state index is 10.5. The van der Waals surface area contributed by atoms with Gasteiger partial charge in [0, 0.05) is 13.1 Å². The molecular formula is C5H14N2O2S. The van der Waals surface area contributed by atoms with E-state index >= 15 is 0 Å². The zero-order chi connectivity index (χ0) is 9.07. The molecular weight excluding hydrogens is 152 g/mol. The molecule has 0 atom stereocenters. The predicted octanol–water partition coefficient (Wildman–Crippen LogP) is -0.600. The molecule has 0 rings (SSSR count). The van der Waals surface area contributed by atoms with E-state index in [1.807, 2.05) is 13.8 Å². The maximum Gasteiger partial charge on any atom is 0.204 e. The Morgan fingerprint density at radius 1 is 1.70 bits per heavy atom. The molecule has 0 aromatic heterocycles. The van der Waals surface area contributed by atoms with Crippen LogP contribution in [-0.4, -0.2) is 33.6 Å². The molecule has 0 fully saturated rings. The van der Waals surface area contributed by atoms with E-state index in [1.165, 1.54) is 7.05 Å². The van der Waals surface area contributed by atoms with Crippen LogP contribution in [0.5, 0.6) is 0 Å². The van der Waals surface area contributed by atoms with Gasteiger partial charge in [-0.25, -0.2) is 8.42 Å². The summed E-state index contributed by atoms with van der Waals surface area (Å²) < 4.78 is 28.6. The molecule has 10 heavy (non-hydrogen) atoms. The highest BCUT2D eigenvalue weighted by Crippen LogP contribution is 1.80. The Labute approximate surface area is 64.4 Å². The van der Waals surface area contributed by atoms with Crippen LogP contribution in [0.4, 0.5) is 0 Å². The number of hydrogen-bond donors (Lipinski definition) is 2. The number of hydrogen-bond acceptors (Lipinski definition) is 3. The Morgan fingerprint density at radius 3 is 2.50 bits per heavy atom. The lowest BCUT2D eigenvalue weighted by atomic mass is 10.4. The van der Waals surface area contributed by atoms with Crippen molar-refractivity contribution in [1.82, 2.24) is 9.62 Å². The molecule has 0 aromatic carbocycles. The van der Waals surface area contributed by atoms with Crippen molar-refractivity contribution in [3.8, 4) is 0 Å². The molecule has 0 aliphatic heterocycles. The van der Waals surface area contributed by atoms with Crippen LogP contribution >= 0.6 is 0 Å². The lowest BCUT2D eigenvalue weighted by Crippen LogP contribution is -2.34. The normalized spacial score (nSPS) is 14.3. The van der Waals surface area contributed by atoms with Crippen LogP contribution in [0.3, 0.4) is 0 Å². The first-order chi connectivity index (χ1) is 4.84. The minimum Gasteiger partial charge on any atom is -0.301 e. The van der Waals surface area contributed by atoms with Crippen LogP contribution in [0, 0.1) is 0 Å². The van der Waals surface area contributed by atoms with Gasteiger partial charge in [-0.1, -0.05) is 0 Å². The lowest BCUT2D eigenvalue weighted by molar-refractivity contribution is 0.423. The molecule has 0 saturated heterocycles. The first kappa shape index (κ1) is 7.97. The van der Waals surface area contributed by atoms with Gasteiger partial charge in [-0.2, -0.15) is 4.31 Å². The Balaban J connectivity index is 3.81. The van der Waals surface area contributed by atoms with Crippen molar-refractivity contribution in [2.45, 2.75) is 19.9 Å². The molecule has 0 amide bonds. The van der Waals surface area contributed by atoms with Crippen molar-refractivity contribution in [3.05, 3.63) is 0 Å². The fourth-order valence-electron chi connectivity index (χ4n) is 0.364. The SMILES string of the molecule is [3H]S(=O)(=O)N(C)CNC(C)C. The third-order valence-corrected chi connectivity index (χ3v) is 1.61. The van der Waals surface area contributed by atoms with Crippen LogP contribution < -0.4 is 5.32 Å². The number of rotatable bonds is 4. The summed E-state index contributed by atoms with van der Waals surface area (Å²) in [6.45, 7) is 4.00. The highest BCUT2D eigenvalue weighted by molar-refractivity contribution is 7.69. The van der Waals surface area contributed by atoms with Gasteiger partial charge >= 0.3 is 0 Å². The molecule has 0 radical (unpaired) electrons. The second-order valence-corrected chi connectivity index (χ2v) is 3.42. The van der Waals surface area contributed by atoms with Crippen LogP contribution in [0.15, 0.2) is 0 Å². The second kappa shape index (κ2) is 4.65. The molecule has 0 heterocycles. The van der Waals surface area contributed by atoms with Gasteiger partial charge in [-0.3, -0.25) is 0 Å². The minimum absolute atomic E-state index is 0.184. The molecule has 0 bridgehead atoms. The average molecular weight is 168 g/mol. The molecule has 0 aliphatic rings. The van der Waals surface area contributed by atoms with Crippen LogP contribution in [0.25, 0.3) is 0 Å². The van der Waals surface area contributed by atoms with Crippen LogP contribution in [-0.2, 0) is 10.8 Å². The fourth-order valence-corrected chi connectivity index (χ4v) is 0.544. The molecule has 0 aliphatic carbocycles. The molecule has 0 spiro atoms. The summed E-state index contributed by atoms with van der Waals surface area (Å²) in [5.74, 6) is 0. The molecule has 62 valence electrons. The van der Waals surface area contributed by atoms with Crippen molar-refractivity contribution in [2.75, 3.05) is 13.7 Å². The van der Waals surface area contributed by atoms with E-state index in [0.29, 0.717) is 0 Å². The summed E-state index contributed by atoms with van der Waals surface area (Å²) in [4.78, 5) is 0. The first-order valence-electron chi connectivity index (χ1n) is 3.48. The first-order valence-corrected chi connectivity index (χ1v) is 4.11. The van der Waals surface area contributed by atoms with Crippen molar-refractivity contribution in [1.29, 1.82) is 1.12 Å². The zero-order valence-corrected chi connectivity index (χ0v) is 7.27. The van der Waals surface area contributed by atoms with Gasteiger partial charge in [0.1, 0.15) is 0 Å². The summed E-state index contributed by atoms with van der Waals surface area (Å²) in [5.41, 5.74) is 0. The van der Waals surface area contributed by atoms with Gasteiger partial charge in [0.2, 0.25) is 10.8 Å². The minimum atomic E-state index is -3.78. The second-order valence-electron chi connectivity index (χ2n) is 2.36. The average Bonchev–Trinajstić information content (AvgIpc) is 1.80. The lowest BCUT2D eigenvalue weighted by Gasteiger charge is -2.11. The molecule has 0 aromatic rings. The van der Waals surface area contributed by atoms with E-state index in [2.05, 4.69) is 5.32 Å². The Morgan fingerprint density at radius 2 is 2.20 bits per heavy atom. The summed E-state index contributed by atoms with van der Waals surface area (Å²) >= 11 is 0. The highest BCUT2D eigenvalue weighted by Gasteiger charge is 1.98. The Hall–Kier alpha value is -0.130. The summed E-state index contributed by atoms with van der Waals surface area (Å²) in [5, 5.41) is 2.88. The molecule has 4 nitrogen and oxygen atoms in total. The predicted molar refractivity (Wildman–Crippen MR) is 41.2 cm³/mol.